The van der Waals surface area contributed by atoms with E-state index in [1.165, 1.54) is 43.5 Å². The monoisotopic (exact) mass is 379 g/mol. The van der Waals surface area contributed by atoms with Gasteiger partial charge in [0.25, 0.3) is 5.91 Å². The average Bonchev–Trinajstić information content (AvgIpc) is 3.23. The van der Waals surface area contributed by atoms with Gasteiger partial charge in [-0.1, -0.05) is 37.6 Å². The number of likely N-dealkylation sites (tertiary alicyclic amines) is 1. The molecule has 1 saturated heterocycles. The van der Waals surface area contributed by atoms with Crippen molar-refractivity contribution < 1.29 is 4.79 Å². The Labute approximate surface area is 169 Å². The number of amides is 1. The molecule has 2 aromatic carbocycles. The Morgan fingerprint density at radius 3 is 2.29 bits per heavy atom. The third-order valence-corrected chi connectivity index (χ3v) is 5.33. The maximum atomic E-state index is 12.3. The van der Waals surface area contributed by atoms with Crippen LogP contribution in [0.1, 0.15) is 54.1 Å². The highest BCUT2D eigenvalue weighted by atomic mass is 16.1. The zero-order valence-corrected chi connectivity index (χ0v) is 17.0. The minimum Gasteiger partial charge on any atom is -0.385 e. The largest absolute Gasteiger partial charge is 0.385 e. The first-order valence-corrected chi connectivity index (χ1v) is 10.7. The Hall–Kier alpha value is -2.33. The predicted molar refractivity (Wildman–Crippen MR) is 117 cm³/mol. The zero-order valence-electron chi connectivity index (χ0n) is 17.0. The van der Waals surface area contributed by atoms with Gasteiger partial charge in [-0.2, -0.15) is 0 Å². The summed E-state index contributed by atoms with van der Waals surface area (Å²) in [5.41, 5.74) is 4.42. The molecule has 4 nitrogen and oxygen atoms in total. The molecule has 0 bridgehead atoms. The molecule has 28 heavy (non-hydrogen) atoms. The van der Waals surface area contributed by atoms with Crippen molar-refractivity contribution in [2.24, 2.45) is 0 Å². The second kappa shape index (κ2) is 10.9. The molecule has 1 aliphatic rings. The first-order valence-electron chi connectivity index (χ1n) is 10.7. The van der Waals surface area contributed by atoms with Crippen LogP contribution < -0.4 is 10.6 Å². The van der Waals surface area contributed by atoms with Crippen molar-refractivity contribution in [3.05, 3.63) is 65.2 Å². The summed E-state index contributed by atoms with van der Waals surface area (Å²) in [6.45, 7) is 7.31. The van der Waals surface area contributed by atoms with Crippen LogP contribution >= 0.6 is 0 Å². The third-order valence-electron chi connectivity index (χ3n) is 5.33. The molecule has 0 aliphatic carbocycles. The fourth-order valence-electron chi connectivity index (χ4n) is 3.58. The van der Waals surface area contributed by atoms with Crippen LogP contribution in [0.25, 0.3) is 0 Å². The molecule has 1 amide bonds. The highest BCUT2D eigenvalue weighted by Crippen LogP contribution is 2.14. The summed E-state index contributed by atoms with van der Waals surface area (Å²) >= 11 is 0. The van der Waals surface area contributed by atoms with E-state index >= 15 is 0 Å². The maximum Gasteiger partial charge on any atom is 0.251 e. The minimum atomic E-state index is -0.00855. The van der Waals surface area contributed by atoms with Crippen LogP contribution in [0.15, 0.2) is 48.5 Å². The highest BCUT2D eigenvalue weighted by molar-refractivity contribution is 5.94. The van der Waals surface area contributed by atoms with Gasteiger partial charge in [-0.05, 0) is 74.2 Å². The van der Waals surface area contributed by atoms with Gasteiger partial charge in [-0.25, -0.2) is 0 Å². The van der Waals surface area contributed by atoms with Crippen molar-refractivity contribution >= 4 is 11.6 Å². The lowest BCUT2D eigenvalue weighted by molar-refractivity contribution is 0.0954. The molecule has 2 aromatic rings. The fraction of sp³-hybridized carbons (Fsp3) is 0.458. The SMILES string of the molecule is CCCCNc1ccc(C(=O)NCCc2ccc(CN3CCCC3)cc2)cc1. The third kappa shape index (κ3) is 6.38. The number of carbonyl (C=O) groups excluding carboxylic acids is 1. The van der Waals surface area contributed by atoms with E-state index in [0.717, 1.165) is 31.6 Å². The van der Waals surface area contributed by atoms with Gasteiger partial charge in [0.2, 0.25) is 0 Å². The van der Waals surface area contributed by atoms with Crippen LogP contribution in [0, 0.1) is 0 Å². The molecule has 0 unspecified atom stereocenters. The molecule has 1 heterocycles. The molecule has 4 heteroatoms. The van der Waals surface area contributed by atoms with E-state index in [-0.39, 0.29) is 5.91 Å². The first-order chi connectivity index (χ1) is 13.7. The number of rotatable bonds is 10. The van der Waals surface area contributed by atoms with Crippen molar-refractivity contribution in [3.8, 4) is 0 Å². The van der Waals surface area contributed by atoms with Crippen molar-refractivity contribution in [1.29, 1.82) is 0 Å². The summed E-state index contributed by atoms with van der Waals surface area (Å²) in [6.07, 6.45) is 5.84. The molecular formula is C24H33N3O. The number of nitrogens with zero attached hydrogens (tertiary/aromatic N) is 1. The summed E-state index contributed by atoms with van der Waals surface area (Å²) in [6, 6.07) is 16.5. The molecular weight excluding hydrogens is 346 g/mol. The molecule has 0 saturated carbocycles. The zero-order chi connectivity index (χ0) is 19.6. The molecule has 1 fully saturated rings. The van der Waals surface area contributed by atoms with Crippen molar-refractivity contribution in [3.63, 3.8) is 0 Å². The van der Waals surface area contributed by atoms with Crippen LogP contribution in [0.3, 0.4) is 0 Å². The van der Waals surface area contributed by atoms with Crippen molar-refractivity contribution in [2.75, 3.05) is 31.5 Å². The molecule has 3 rings (SSSR count). The fourth-order valence-corrected chi connectivity index (χ4v) is 3.58. The molecule has 2 N–H and O–H groups in total. The van der Waals surface area contributed by atoms with Crippen molar-refractivity contribution in [1.82, 2.24) is 10.2 Å². The number of carbonyl (C=O) groups is 1. The summed E-state index contributed by atoms with van der Waals surface area (Å²) in [4.78, 5) is 14.8. The smallest absolute Gasteiger partial charge is 0.251 e. The summed E-state index contributed by atoms with van der Waals surface area (Å²) in [5, 5.41) is 6.39. The van der Waals surface area contributed by atoms with E-state index in [1.807, 2.05) is 24.3 Å². The Kier molecular flexibility index (Phi) is 7.92. The number of hydrogen-bond donors (Lipinski definition) is 2. The summed E-state index contributed by atoms with van der Waals surface area (Å²) in [7, 11) is 0. The number of nitrogens with one attached hydrogen (secondary N) is 2. The van der Waals surface area contributed by atoms with Crippen LogP contribution in [0.5, 0.6) is 0 Å². The van der Waals surface area contributed by atoms with E-state index in [9.17, 15) is 4.79 Å². The predicted octanol–water partition coefficient (Wildman–Crippen LogP) is 4.47. The van der Waals surface area contributed by atoms with Gasteiger partial charge < -0.3 is 10.6 Å². The van der Waals surface area contributed by atoms with Gasteiger partial charge in [0.05, 0.1) is 0 Å². The van der Waals surface area contributed by atoms with E-state index in [2.05, 4.69) is 46.7 Å². The van der Waals surface area contributed by atoms with Crippen LogP contribution in [-0.2, 0) is 13.0 Å². The quantitative estimate of drug-likeness (QED) is 0.599. The normalized spacial score (nSPS) is 14.2. The second-order valence-electron chi connectivity index (χ2n) is 7.66. The van der Waals surface area contributed by atoms with Crippen LogP contribution in [0.4, 0.5) is 5.69 Å². The average molecular weight is 380 g/mol. The Morgan fingerprint density at radius 1 is 0.929 bits per heavy atom. The molecule has 1 aliphatic heterocycles. The Bertz CT molecular complexity index is 719. The molecule has 0 radical (unpaired) electrons. The van der Waals surface area contributed by atoms with E-state index < -0.39 is 0 Å². The van der Waals surface area contributed by atoms with Gasteiger partial charge in [-0.3, -0.25) is 9.69 Å². The Morgan fingerprint density at radius 2 is 1.61 bits per heavy atom. The van der Waals surface area contributed by atoms with Gasteiger partial charge in [0.15, 0.2) is 0 Å². The number of anilines is 1. The molecule has 0 spiro atoms. The lowest BCUT2D eigenvalue weighted by atomic mass is 10.1. The number of benzene rings is 2. The second-order valence-corrected chi connectivity index (χ2v) is 7.66. The Balaban J connectivity index is 1.39. The van der Waals surface area contributed by atoms with Crippen LogP contribution in [0.2, 0.25) is 0 Å². The summed E-state index contributed by atoms with van der Waals surface area (Å²) < 4.78 is 0. The van der Waals surface area contributed by atoms with Gasteiger partial charge in [-0.15, -0.1) is 0 Å². The number of hydrogen-bond acceptors (Lipinski definition) is 3. The standard InChI is InChI=1S/C24H33N3O/c1-2-3-15-25-23-12-10-22(11-13-23)24(28)26-16-14-20-6-8-21(9-7-20)19-27-17-4-5-18-27/h6-13,25H,2-5,14-19H2,1H3,(H,26,28). The van der Waals surface area contributed by atoms with Gasteiger partial charge in [0, 0.05) is 30.9 Å². The molecule has 0 atom stereocenters. The number of unbranched alkanes of at least 4 members (excludes halogenated alkanes) is 1. The van der Waals surface area contributed by atoms with Crippen LogP contribution in [-0.4, -0.2) is 37.0 Å². The van der Waals surface area contributed by atoms with Crippen molar-refractivity contribution in [2.45, 2.75) is 45.6 Å². The molecule has 0 aromatic heterocycles. The lowest BCUT2D eigenvalue weighted by Crippen LogP contribution is -2.25. The topological polar surface area (TPSA) is 44.4 Å². The minimum absolute atomic E-state index is 0.00855. The molecule has 150 valence electrons. The lowest BCUT2D eigenvalue weighted by Gasteiger charge is -2.14. The van der Waals surface area contributed by atoms with E-state index in [4.69, 9.17) is 0 Å². The highest BCUT2D eigenvalue weighted by Gasteiger charge is 2.11. The maximum absolute atomic E-state index is 12.3. The summed E-state index contributed by atoms with van der Waals surface area (Å²) in [5.74, 6) is -0.00855. The first kappa shape index (κ1) is 20.4. The van der Waals surface area contributed by atoms with Gasteiger partial charge >= 0.3 is 0 Å². The van der Waals surface area contributed by atoms with E-state index in [0.29, 0.717) is 12.1 Å². The van der Waals surface area contributed by atoms with E-state index in [1.54, 1.807) is 0 Å². The van der Waals surface area contributed by atoms with Gasteiger partial charge in [0.1, 0.15) is 0 Å².